The van der Waals surface area contributed by atoms with Gasteiger partial charge in [-0.25, -0.2) is 0 Å². The molecular formula is C8H17N2+. The summed E-state index contributed by atoms with van der Waals surface area (Å²) in [6.07, 6.45) is 2.57. The number of hydrazone groups is 1. The highest BCUT2D eigenvalue weighted by Gasteiger charge is 2.28. The van der Waals surface area contributed by atoms with Gasteiger partial charge in [-0.05, 0) is 0 Å². The summed E-state index contributed by atoms with van der Waals surface area (Å²) in [7, 11) is 4.20. The fourth-order valence-electron chi connectivity index (χ4n) is 1.77. The van der Waals surface area contributed by atoms with E-state index in [0.717, 1.165) is 0 Å². The second-order valence-corrected chi connectivity index (χ2v) is 3.31. The molecule has 10 heavy (non-hydrogen) atoms. The van der Waals surface area contributed by atoms with Gasteiger partial charge in [-0.3, -0.25) is 0 Å². The van der Waals surface area contributed by atoms with Crippen molar-refractivity contribution in [1.82, 2.24) is 5.01 Å². The average molecular weight is 141 g/mol. The van der Waals surface area contributed by atoms with Gasteiger partial charge >= 0.3 is 0 Å². The van der Waals surface area contributed by atoms with Gasteiger partial charge in [0.05, 0.1) is 14.1 Å². The van der Waals surface area contributed by atoms with E-state index < -0.39 is 0 Å². The van der Waals surface area contributed by atoms with Crippen molar-refractivity contribution in [3.63, 3.8) is 0 Å². The molecule has 0 aromatic rings. The SMILES string of the molecule is CC1=[N+](N(C)C)C(C)CC1. The Morgan fingerprint density at radius 3 is 2.30 bits per heavy atom. The number of hydrazine groups is 1. The first-order valence-corrected chi connectivity index (χ1v) is 3.92. The van der Waals surface area contributed by atoms with Gasteiger partial charge in [-0.1, -0.05) is 0 Å². The largest absolute Gasteiger partial charge is 0.192 e. The summed E-state index contributed by atoms with van der Waals surface area (Å²) < 4.78 is 2.36. The van der Waals surface area contributed by atoms with Gasteiger partial charge < -0.3 is 0 Å². The summed E-state index contributed by atoms with van der Waals surface area (Å²) in [6.45, 7) is 4.49. The van der Waals surface area contributed by atoms with Gasteiger partial charge in [0.15, 0.2) is 11.8 Å². The third-order valence-corrected chi connectivity index (χ3v) is 2.16. The van der Waals surface area contributed by atoms with Crippen molar-refractivity contribution in [2.24, 2.45) is 0 Å². The van der Waals surface area contributed by atoms with E-state index in [1.54, 1.807) is 0 Å². The van der Waals surface area contributed by atoms with Crippen molar-refractivity contribution >= 4 is 5.71 Å². The van der Waals surface area contributed by atoms with Crippen molar-refractivity contribution in [3.05, 3.63) is 0 Å². The Hall–Kier alpha value is -0.530. The van der Waals surface area contributed by atoms with Crippen molar-refractivity contribution in [2.75, 3.05) is 14.1 Å². The van der Waals surface area contributed by atoms with Crippen molar-refractivity contribution < 1.29 is 4.68 Å². The standard InChI is InChI=1S/C8H17N2/c1-7-5-6-8(2)10(7)9(3)4/h7H,5-6H2,1-4H3/q+1. The first-order valence-electron chi connectivity index (χ1n) is 3.92. The van der Waals surface area contributed by atoms with Crippen LogP contribution < -0.4 is 0 Å². The lowest BCUT2D eigenvalue weighted by molar-refractivity contribution is -0.698. The van der Waals surface area contributed by atoms with Crippen LogP contribution >= 0.6 is 0 Å². The molecule has 2 nitrogen and oxygen atoms in total. The molecule has 2 heteroatoms. The van der Waals surface area contributed by atoms with Crippen molar-refractivity contribution in [2.45, 2.75) is 32.7 Å². The van der Waals surface area contributed by atoms with Gasteiger partial charge in [0.25, 0.3) is 0 Å². The second kappa shape index (κ2) is 2.60. The Balaban J connectivity index is 2.78. The van der Waals surface area contributed by atoms with E-state index in [9.17, 15) is 0 Å². The Labute approximate surface area is 63.1 Å². The number of rotatable bonds is 1. The van der Waals surface area contributed by atoms with Crippen LogP contribution in [0.1, 0.15) is 26.7 Å². The summed E-state index contributed by atoms with van der Waals surface area (Å²) in [4.78, 5) is 0. The van der Waals surface area contributed by atoms with Gasteiger partial charge in [0.1, 0.15) is 0 Å². The molecule has 0 aromatic carbocycles. The molecule has 1 aliphatic rings. The maximum absolute atomic E-state index is 2.36. The van der Waals surface area contributed by atoms with Crippen LogP contribution in [0.15, 0.2) is 0 Å². The zero-order valence-corrected chi connectivity index (χ0v) is 7.39. The Morgan fingerprint density at radius 1 is 1.50 bits per heavy atom. The normalized spacial score (nSPS) is 25.8. The maximum atomic E-state index is 2.36. The zero-order valence-electron chi connectivity index (χ0n) is 7.39. The highest BCUT2D eigenvalue weighted by molar-refractivity contribution is 5.77. The van der Waals surface area contributed by atoms with E-state index in [4.69, 9.17) is 0 Å². The minimum atomic E-state index is 0.704. The number of nitrogens with zero attached hydrogens (tertiary/aromatic N) is 2. The topological polar surface area (TPSA) is 6.25 Å². The first kappa shape index (κ1) is 7.58. The maximum Gasteiger partial charge on any atom is 0.180 e. The van der Waals surface area contributed by atoms with Gasteiger partial charge in [0, 0.05) is 26.7 Å². The van der Waals surface area contributed by atoms with Crippen molar-refractivity contribution in [1.29, 1.82) is 0 Å². The monoisotopic (exact) mass is 141 g/mol. The third kappa shape index (κ3) is 1.15. The van der Waals surface area contributed by atoms with Crippen LogP contribution in [0, 0.1) is 0 Å². The number of hydrogen-bond donors (Lipinski definition) is 0. The Kier molecular flexibility index (Phi) is 1.97. The summed E-state index contributed by atoms with van der Waals surface area (Å²) in [5, 5.41) is 2.17. The Morgan fingerprint density at radius 2 is 2.10 bits per heavy atom. The van der Waals surface area contributed by atoms with Crippen LogP contribution in [0.5, 0.6) is 0 Å². The molecule has 0 radical (unpaired) electrons. The van der Waals surface area contributed by atoms with Crippen LogP contribution in [0.25, 0.3) is 0 Å². The van der Waals surface area contributed by atoms with Gasteiger partial charge in [-0.2, -0.15) is 5.01 Å². The molecule has 0 fully saturated rings. The van der Waals surface area contributed by atoms with E-state index in [1.165, 1.54) is 18.6 Å². The van der Waals surface area contributed by atoms with E-state index in [-0.39, 0.29) is 0 Å². The van der Waals surface area contributed by atoms with Crippen LogP contribution in [0.4, 0.5) is 0 Å². The predicted molar refractivity (Wildman–Crippen MR) is 43.3 cm³/mol. The van der Waals surface area contributed by atoms with Gasteiger partial charge in [-0.15, -0.1) is 4.68 Å². The van der Waals surface area contributed by atoms with E-state index in [2.05, 4.69) is 37.6 Å². The molecule has 1 unspecified atom stereocenters. The fraction of sp³-hybridized carbons (Fsp3) is 0.875. The van der Waals surface area contributed by atoms with E-state index in [1.807, 2.05) is 0 Å². The first-order chi connectivity index (χ1) is 4.63. The fourth-order valence-corrected chi connectivity index (χ4v) is 1.77. The van der Waals surface area contributed by atoms with Gasteiger partial charge in [0.2, 0.25) is 0 Å². The molecule has 0 aliphatic carbocycles. The molecule has 0 aromatic heterocycles. The zero-order chi connectivity index (χ0) is 7.72. The minimum absolute atomic E-state index is 0.704. The van der Waals surface area contributed by atoms with Crippen molar-refractivity contribution in [3.8, 4) is 0 Å². The molecule has 1 atom stereocenters. The Bertz CT molecular complexity index is 159. The molecule has 0 amide bonds. The molecule has 1 heterocycles. The lowest BCUT2D eigenvalue weighted by atomic mass is 10.2. The molecule has 0 saturated carbocycles. The minimum Gasteiger partial charge on any atom is -0.192 e. The summed E-state index contributed by atoms with van der Waals surface area (Å²) in [5.41, 5.74) is 1.50. The van der Waals surface area contributed by atoms with Crippen LogP contribution in [-0.2, 0) is 0 Å². The lowest BCUT2D eigenvalue weighted by Gasteiger charge is -2.12. The quantitative estimate of drug-likeness (QED) is 0.496. The molecule has 0 spiro atoms. The molecule has 0 bridgehead atoms. The molecule has 58 valence electrons. The summed E-state index contributed by atoms with van der Waals surface area (Å²) in [6, 6.07) is 0.704. The van der Waals surface area contributed by atoms with Crippen LogP contribution in [-0.4, -0.2) is 35.5 Å². The molecule has 0 N–H and O–H groups in total. The smallest absolute Gasteiger partial charge is 0.180 e. The second-order valence-electron chi connectivity index (χ2n) is 3.31. The van der Waals surface area contributed by atoms with E-state index >= 15 is 0 Å². The number of hydrogen-bond acceptors (Lipinski definition) is 1. The van der Waals surface area contributed by atoms with Crippen LogP contribution in [0.3, 0.4) is 0 Å². The lowest BCUT2D eigenvalue weighted by Crippen LogP contribution is -2.33. The molecular weight excluding hydrogens is 124 g/mol. The highest BCUT2D eigenvalue weighted by Crippen LogP contribution is 2.12. The molecule has 1 rings (SSSR count). The average Bonchev–Trinajstić information content (AvgIpc) is 2.11. The predicted octanol–water partition coefficient (Wildman–Crippen LogP) is 1.12. The van der Waals surface area contributed by atoms with Crippen LogP contribution in [0.2, 0.25) is 0 Å². The van der Waals surface area contributed by atoms with E-state index in [0.29, 0.717) is 6.04 Å². The third-order valence-electron chi connectivity index (χ3n) is 2.16. The summed E-state index contributed by atoms with van der Waals surface area (Å²) >= 11 is 0. The highest BCUT2D eigenvalue weighted by atomic mass is 15.6. The molecule has 1 aliphatic heterocycles. The summed E-state index contributed by atoms with van der Waals surface area (Å²) in [5.74, 6) is 0. The molecule has 0 saturated heterocycles.